The third kappa shape index (κ3) is 4.28. The maximum absolute atomic E-state index is 13.5. The summed E-state index contributed by atoms with van der Waals surface area (Å²) in [5, 5.41) is 7.27. The number of halogens is 3. The number of alkyl halides is 3. The highest BCUT2D eigenvalue weighted by Gasteiger charge is 2.34. The number of anilines is 1. The first kappa shape index (κ1) is 22.4. The smallest absolute Gasteiger partial charge is 0.322 e. The van der Waals surface area contributed by atoms with Crippen molar-refractivity contribution in [1.82, 2.24) is 14.3 Å². The summed E-state index contributed by atoms with van der Waals surface area (Å²) < 4.78 is 43.9. The largest absolute Gasteiger partial charge is 0.418 e. The second-order valence-electron chi connectivity index (χ2n) is 7.98. The lowest BCUT2D eigenvalue weighted by atomic mass is 10.1. The fraction of sp³-hybridized carbons (Fsp3) is 0.200. The van der Waals surface area contributed by atoms with Gasteiger partial charge in [0.2, 0.25) is 0 Å². The van der Waals surface area contributed by atoms with E-state index in [2.05, 4.69) is 10.4 Å². The summed E-state index contributed by atoms with van der Waals surface area (Å²) in [6.45, 7) is 7.20. The van der Waals surface area contributed by atoms with Gasteiger partial charge >= 0.3 is 6.18 Å². The van der Waals surface area contributed by atoms with Gasteiger partial charge in [-0.3, -0.25) is 4.79 Å². The maximum atomic E-state index is 13.5. The molecule has 5 nitrogen and oxygen atoms in total. The van der Waals surface area contributed by atoms with Gasteiger partial charge in [-0.25, -0.2) is 4.68 Å². The topological polar surface area (TPSA) is 51.9 Å². The van der Waals surface area contributed by atoms with E-state index in [1.165, 1.54) is 16.7 Å². The molecule has 4 aromatic rings. The van der Waals surface area contributed by atoms with Crippen LogP contribution in [0.2, 0.25) is 0 Å². The molecule has 0 spiro atoms. The Morgan fingerprint density at radius 2 is 1.58 bits per heavy atom. The number of nitrogens with one attached hydrogen (secondary N) is 1. The molecule has 2 aromatic carbocycles. The van der Waals surface area contributed by atoms with Crippen molar-refractivity contribution in [3.63, 3.8) is 0 Å². The van der Waals surface area contributed by atoms with Crippen LogP contribution in [-0.4, -0.2) is 20.3 Å². The van der Waals surface area contributed by atoms with Crippen LogP contribution in [0.4, 0.5) is 18.9 Å². The molecule has 2 heterocycles. The summed E-state index contributed by atoms with van der Waals surface area (Å²) in [7, 11) is 0. The first-order chi connectivity index (χ1) is 15.6. The monoisotopic (exact) mass is 452 g/mol. The number of rotatable bonds is 4. The molecule has 8 heteroatoms. The van der Waals surface area contributed by atoms with E-state index in [0.717, 1.165) is 23.1 Å². The van der Waals surface area contributed by atoms with Crippen LogP contribution in [0.5, 0.6) is 0 Å². The number of aromatic nitrogens is 3. The normalized spacial score (nSPS) is 11.6. The number of carbonyl (C=O) groups excluding carboxylic acids is 1. The van der Waals surface area contributed by atoms with Crippen LogP contribution in [0, 0.1) is 27.7 Å². The van der Waals surface area contributed by atoms with E-state index in [-0.39, 0.29) is 5.69 Å². The number of benzene rings is 2. The molecular weight excluding hydrogens is 429 g/mol. The maximum Gasteiger partial charge on any atom is 0.418 e. The zero-order valence-corrected chi connectivity index (χ0v) is 18.7. The Kier molecular flexibility index (Phi) is 5.61. The number of hydrogen-bond donors (Lipinski definition) is 1. The summed E-state index contributed by atoms with van der Waals surface area (Å²) >= 11 is 0. The van der Waals surface area contributed by atoms with Gasteiger partial charge < -0.3 is 9.88 Å². The number of carbonyl (C=O) groups is 1. The predicted octanol–water partition coefficient (Wildman–Crippen LogP) is 6.17. The Hall–Kier alpha value is -3.81. The van der Waals surface area contributed by atoms with Gasteiger partial charge in [-0.15, -0.1) is 0 Å². The SMILES string of the molecule is Cc1cc(C)n(-c2ccc(NC(=O)c3cc(C)n(-c4ccccc4C(F)(F)F)c3C)cc2)n1. The lowest BCUT2D eigenvalue weighted by molar-refractivity contribution is -0.137. The molecule has 0 unspecified atom stereocenters. The van der Waals surface area contributed by atoms with Gasteiger partial charge in [0.25, 0.3) is 5.91 Å². The second-order valence-corrected chi connectivity index (χ2v) is 7.98. The molecule has 0 atom stereocenters. The molecule has 170 valence electrons. The molecule has 2 aromatic heterocycles. The van der Waals surface area contributed by atoms with E-state index in [0.29, 0.717) is 22.6 Å². The van der Waals surface area contributed by atoms with Crippen molar-refractivity contribution < 1.29 is 18.0 Å². The number of nitrogens with zero attached hydrogens (tertiary/aromatic N) is 3. The van der Waals surface area contributed by atoms with Crippen molar-refractivity contribution >= 4 is 11.6 Å². The molecule has 0 fully saturated rings. The number of aryl methyl sites for hydroxylation is 3. The summed E-state index contributed by atoms with van der Waals surface area (Å²) in [4.78, 5) is 13.0. The van der Waals surface area contributed by atoms with Crippen LogP contribution in [0.1, 0.15) is 38.7 Å². The Morgan fingerprint density at radius 1 is 0.909 bits per heavy atom. The number of para-hydroxylation sites is 1. The standard InChI is InChI=1S/C25H23F3N4O/c1-15-13-17(3)32(30-15)20-11-9-19(10-12-20)29-24(33)21-14-16(2)31(18(21)4)23-8-6-5-7-22(23)25(26,27)28/h5-14H,1-4H3,(H,29,33). The molecule has 0 saturated heterocycles. The van der Waals surface area contributed by atoms with Crippen LogP contribution in [0.25, 0.3) is 11.4 Å². The third-order valence-electron chi connectivity index (χ3n) is 5.51. The van der Waals surface area contributed by atoms with E-state index in [9.17, 15) is 18.0 Å². The molecule has 1 amide bonds. The van der Waals surface area contributed by atoms with Crippen LogP contribution >= 0.6 is 0 Å². The molecule has 1 N–H and O–H groups in total. The van der Waals surface area contributed by atoms with Gasteiger partial charge in [-0.2, -0.15) is 18.3 Å². The molecule has 4 rings (SSSR count). The summed E-state index contributed by atoms with van der Waals surface area (Å²) in [6, 6.07) is 16.1. The van der Waals surface area contributed by atoms with Gasteiger partial charge in [0.15, 0.2) is 0 Å². The zero-order valence-electron chi connectivity index (χ0n) is 18.7. The summed E-state index contributed by atoms with van der Waals surface area (Å²) in [5.74, 6) is -0.391. The Morgan fingerprint density at radius 3 is 2.18 bits per heavy atom. The first-order valence-electron chi connectivity index (χ1n) is 10.4. The van der Waals surface area contributed by atoms with E-state index >= 15 is 0 Å². The first-order valence-corrected chi connectivity index (χ1v) is 10.4. The highest BCUT2D eigenvalue weighted by atomic mass is 19.4. The van der Waals surface area contributed by atoms with Crippen molar-refractivity contribution in [2.24, 2.45) is 0 Å². The third-order valence-corrected chi connectivity index (χ3v) is 5.51. The van der Waals surface area contributed by atoms with Crippen LogP contribution < -0.4 is 5.32 Å². The predicted molar refractivity (Wildman–Crippen MR) is 121 cm³/mol. The van der Waals surface area contributed by atoms with Gasteiger partial charge in [-0.05, 0) is 76.2 Å². The van der Waals surface area contributed by atoms with Gasteiger partial charge in [0.05, 0.1) is 28.2 Å². The van der Waals surface area contributed by atoms with E-state index < -0.39 is 17.6 Å². The fourth-order valence-corrected chi connectivity index (χ4v) is 4.05. The lowest BCUT2D eigenvalue weighted by Crippen LogP contribution is -2.15. The molecule has 0 saturated carbocycles. The Balaban J connectivity index is 1.62. The van der Waals surface area contributed by atoms with E-state index in [1.54, 1.807) is 38.1 Å². The van der Waals surface area contributed by atoms with Crippen molar-refractivity contribution in [2.45, 2.75) is 33.9 Å². The van der Waals surface area contributed by atoms with E-state index in [4.69, 9.17) is 0 Å². The van der Waals surface area contributed by atoms with Crippen LogP contribution in [-0.2, 0) is 6.18 Å². The highest BCUT2D eigenvalue weighted by molar-refractivity contribution is 6.05. The lowest BCUT2D eigenvalue weighted by Gasteiger charge is -2.16. The van der Waals surface area contributed by atoms with Gasteiger partial charge in [0.1, 0.15) is 0 Å². The van der Waals surface area contributed by atoms with E-state index in [1.807, 2.05) is 36.7 Å². The average molecular weight is 452 g/mol. The second kappa shape index (κ2) is 8.27. The Bertz CT molecular complexity index is 1330. The van der Waals surface area contributed by atoms with Crippen molar-refractivity contribution in [3.05, 3.63) is 94.6 Å². The molecule has 0 aliphatic heterocycles. The van der Waals surface area contributed by atoms with Gasteiger partial charge in [-0.1, -0.05) is 12.1 Å². The van der Waals surface area contributed by atoms with Gasteiger partial charge in [0, 0.05) is 22.8 Å². The number of amides is 1. The van der Waals surface area contributed by atoms with Crippen molar-refractivity contribution in [3.8, 4) is 11.4 Å². The molecule has 33 heavy (non-hydrogen) atoms. The molecule has 0 bridgehead atoms. The van der Waals surface area contributed by atoms with Crippen LogP contribution in [0.15, 0.2) is 60.7 Å². The summed E-state index contributed by atoms with van der Waals surface area (Å²) in [5.41, 5.74) is 3.86. The molecule has 0 radical (unpaired) electrons. The zero-order chi connectivity index (χ0) is 23.9. The van der Waals surface area contributed by atoms with Crippen LogP contribution in [0.3, 0.4) is 0 Å². The Labute approximate surface area is 189 Å². The summed E-state index contributed by atoms with van der Waals surface area (Å²) in [6.07, 6.45) is -4.50. The minimum atomic E-state index is -4.50. The molecular formula is C25H23F3N4O. The minimum Gasteiger partial charge on any atom is -0.322 e. The fourth-order valence-electron chi connectivity index (χ4n) is 4.05. The molecule has 0 aliphatic carbocycles. The van der Waals surface area contributed by atoms with Crippen molar-refractivity contribution in [2.75, 3.05) is 5.32 Å². The van der Waals surface area contributed by atoms with Crippen molar-refractivity contribution in [1.29, 1.82) is 0 Å². The molecule has 0 aliphatic rings. The average Bonchev–Trinajstić information content (AvgIpc) is 3.25. The quantitative estimate of drug-likeness (QED) is 0.403. The minimum absolute atomic E-state index is 0.00621. The number of hydrogen-bond acceptors (Lipinski definition) is 2. The highest BCUT2D eigenvalue weighted by Crippen LogP contribution is 2.35.